The molecule has 1 heterocycles. The molecule has 3 rings (SSSR count). The molecule has 0 aliphatic rings. The quantitative estimate of drug-likeness (QED) is 0.674. The summed E-state index contributed by atoms with van der Waals surface area (Å²) in [5.41, 5.74) is 1.71. The molecular formula is C19H14ClFN2O2. The zero-order chi connectivity index (χ0) is 17.6. The molecule has 0 unspecified atom stereocenters. The number of carbonyl (C=O) groups is 1. The minimum atomic E-state index is -0.353. The highest BCUT2D eigenvalue weighted by Gasteiger charge is 2.11. The van der Waals surface area contributed by atoms with Gasteiger partial charge in [0.25, 0.3) is 5.91 Å². The number of ether oxygens (including phenoxy) is 1. The molecule has 126 valence electrons. The highest BCUT2D eigenvalue weighted by molar-refractivity contribution is 6.33. The van der Waals surface area contributed by atoms with Crippen LogP contribution in [0.3, 0.4) is 0 Å². The van der Waals surface area contributed by atoms with Crippen LogP contribution in [0.1, 0.15) is 15.9 Å². The third-order valence-corrected chi connectivity index (χ3v) is 3.72. The van der Waals surface area contributed by atoms with Crippen molar-refractivity contribution in [3.63, 3.8) is 0 Å². The van der Waals surface area contributed by atoms with E-state index >= 15 is 0 Å². The van der Waals surface area contributed by atoms with Crippen LogP contribution in [0.4, 0.5) is 10.1 Å². The van der Waals surface area contributed by atoms with E-state index in [1.807, 2.05) is 0 Å². The second-order valence-electron chi connectivity index (χ2n) is 5.24. The number of anilines is 1. The zero-order valence-electron chi connectivity index (χ0n) is 13.1. The smallest absolute Gasteiger partial charge is 0.258 e. The first-order valence-electron chi connectivity index (χ1n) is 7.51. The minimum absolute atomic E-state index is 0.142. The van der Waals surface area contributed by atoms with Gasteiger partial charge in [0.1, 0.15) is 23.3 Å². The summed E-state index contributed by atoms with van der Waals surface area (Å²) >= 11 is 5.92. The van der Waals surface area contributed by atoms with E-state index in [2.05, 4.69) is 10.3 Å². The van der Waals surface area contributed by atoms with Crippen LogP contribution in [0, 0.1) is 5.82 Å². The monoisotopic (exact) mass is 356 g/mol. The number of benzene rings is 2. The molecule has 0 aliphatic heterocycles. The van der Waals surface area contributed by atoms with Crippen LogP contribution in [-0.2, 0) is 6.61 Å². The van der Waals surface area contributed by atoms with E-state index in [0.717, 1.165) is 5.56 Å². The number of pyridine rings is 1. The van der Waals surface area contributed by atoms with Gasteiger partial charge in [0.15, 0.2) is 0 Å². The molecule has 1 amide bonds. The summed E-state index contributed by atoms with van der Waals surface area (Å²) in [7, 11) is 0. The Morgan fingerprint density at radius 2 is 1.92 bits per heavy atom. The van der Waals surface area contributed by atoms with Crippen molar-refractivity contribution in [2.75, 3.05) is 5.32 Å². The SMILES string of the molecule is O=C(Nc1cccc(OCc2ccc(F)cc2)c1)c1cccnc1Cl. The van der Waals surface area contributed by atoms with Crippen molar-refractivity contribution in [2.24, 2.45) is 0 Å². The summed E-state index contributed by atoms with van der Waals surface area (Å²) in [6.45, 7) is 0.298. The highest BCUT2D eigenvalue weighted by atomic mass is 35.5. The fourth-order valence-electron chi connectivity index (χ4n) is 2.16. The van der Waals surface area contributed by atoms with Crippen molar-refractivity contribution in [2.45, 2.75) is 6.61 Å². The van der Waals surface area contributed by atoms with Crippen LogP contribution >= 0.6 is 11.6 Å². The summed E-state index contributed by atoms with van der Waals surface area (Å²) in [5.74, 6) is -0.0595. The zero-order valence-corrected chi connectivity index (χ0v) is 13.8. The normalized spacial score (nSPS) is 10.3. The van der Waals surface area contributed by atoms with E-state index in [1.165, 1.54) is 18.3 Å². The predicted molar refractivity (Wildman–Crippen MR) is 94.4 cm³/mol. The number of hydrogen-bond donors (Lipinski definition) is 1. The summed E-state index contributed by atoms with van der Waals surface area (Å²) in [6.07, 6.45) is 1.52. The fraction of sp³-hybridized carbons (Fsp3) is 0.0526. The van der Waals surface area contributed by atoms with Crippen molar-refractivity contribution in [3.8, 4) is 5.75 Å². The molecule has 0 aliphatic carbocycles. The van der Waals surface area contributed by atoms with Crippen LogP contribution in [0.15, 0.2) is 66.9 Å². The van der Waals surface area contributed by atoms with Gasteiger partial charge in [0, 0.05) is 18.0 Å². The number of hydrogen-bond acceptors (Lipinski definition) is 3. The van der Waals surface area contributed by atoms with Gasteiger partial charge in [0.2, 0.25) is 0 Å². The largest absolute Gasteiger partial charge is 0.489 e. The number of carbonyl (C=O) groups excluding carboxylic acids is 1. The topological polar surface area (TPSA) is 51.2 Å². The number of halogens is 2. The van der Waals surface area contributed by atoms with Crippen LogP contribution in [0.25, 0.3) is 0 Å². The maximum absolute atomic E-state index is 12.9. The second kappa shape index (κ2) is 7.77. The summed E-state index contributed by atoms with van der Waals surface area (Å²) in [6, 6.07) is 16.3. The average molecular weight is 357 g/mol. The van der Waals surface area contributed by atoms with Gasteiger partial charge in [0.05, 0.1) is 5.56 Å². The third-order valence-electron chi connectivity index (χ3n) is 3.41. The van der Waals surface area contributed by atoms with Crippen LogP contribution in [-0.4, -0.2) is 10.9 Å². The van der Waals surface area contributed by atoms with Gasteiger partial charge in [-0.1, -0.05) is 29.8 Å². The number of amides is 1. The summed E-state index contributed by atoms with van der Waals surface area (Å²) < 4.78 is 18.6. The number of nitrogens with one attached hydrogen (secondary N) is 1. The van der Waals surface area contributed by atoms with Gasteiger partial charge in [-0.25, -0.2) is 9.37 Å². The molecule has 6 heteroatoms. The molecule has 25 heavy (non-hydrogen) atoms. The molecule has 0 atom stereocenters. The lowest BCUT2D eigenvalue weighted by Gasteiger charge is -2.10. The van der Waals surface area contributed by atoms with Gasteiger partial charge < -0.3 is 10.1 Å². The Morgan fingerprint density at radius 1 is 1.12 bits per heavy atom. The number of aromatic nitrogens is 1. The standard InChI is InChI=1S/C19H14ClFN2O2/c20-18-17(5-2-10-22-18)19(24)23-15-3-1-4-16(11-15)25-12-13-6-8-14(21)9-7-13/h1-11H,12H2,(H,23,24). The van der Waals surface area contributed by atoms with Gasteiger partial charge in [-0.3, -0.25) is 4.79 Å². The van der Waals surface area contributed by atoms with E-state index in [4.69, 9.17) is 16.3 Å². The van der Waals surface area contributed by atoms with Gasteiger partial charge in [-0.05, 0) is 42.0 Å². The predicted octanol–water partition coefficient (Wildman–Crippen LogP) is 4.71. The fourth-order valence-corrected chi connectivity index (χ4v) is 2.37. The highest BCUT2D eigenvalue weighted by Crippen LogP contribution is 2.20. The minimum Gasteiger partial charge on any atom is -0.489 e. The Balaban J connectivity index is 1.66. The van der Waals surface area contributed by atoms with E-state index in [1.54, 1.807) is 48.5 Å². The van der Waals surface area contributed by atoms with E-state index in [9.17, 15) is 9.18 Å². The van der Waals surface area contributed by atoms with Crippen molar-refractivity contribution >= 4 is 23.2 Å². The Kier molecular flexibility index (Phi) is 5.26. The molecule has 0 spiro atoms. The maximum Gasteiger partial charge on any atom is 0.258 e. The van der Waals surface area contributed by atoms with Crippen molar-refractivity contribution < 1.29 is 13.9 Å². The molecule has 4 nitrogen and oxygen atoms in total. The Morgan fingerprint density at radius 3 is 2.68 bits per heavy atom. The molecule has 0 radical (unpaired) electrons. The second-order valence-corrected chi connectivity index (χ2v) is 5.60. The van der Waals surface area contributed by atoms with E-state index in [0.29, 0.717) is 23.6 Å². The number of nitrogens with zero attached hydrogens (tertiary/aromatic N) is 1. The Bertz CT molecular complexity index is 885. The lowest BCUT2D eigenvalue weighted by molar-refractivity contribution is 0.102. The van der Waals surface area contributed by atoms with Crippen molar-refractivity contribution in [1.29, 1.82) is 0 Å². The summed E-state index contributed by atoms with van der Waals surface area (Å²) in [5, 5.41) is 2.89. The molecule has 0 saturated carbocycles. The lowest BCUT2D eigenvalue weighted by Crippen LogP contribution is -2.12. The molecule has 0 saturated heterocycles. The maximum atomic E-state index is 12.9. The Hall–Kier alpha value is -2.92. The molecule has 3 aromatic rings. The van der Waals surface area contributed by atoms with Crippen molar-refractivity contribution in [1.82, 2.24) is 4.98 Å². The first-order valence-corrected chi connectivity index (χ1v) is 7.89. The van der Waals surface area contributed by atoms with Crippen molar-refractivity contribution in [3.05, 3.63) is 89.0 Å². The molecule has 0 fully saturated rings. The molecule has 1 N–H and O–H groups in total. The van der Waals surface area contributed by atoms with Crippen LogP contribution in [0.5, 0.6) is 5.75 Å². The molecule has 0 bridgehead atoms. The van der Waals surface area contributed by atoms with Crippen LogP contribution in [0.2, 0.25) is 5.15 Å². The first-order chi connectivity index (χ1) is 12.1. The lowest BCUT2D eigenvalue weighted by atomic mass is 10.2. The average Bonchev–Trinajstić information content (AvgIpc) is 2.62. The first kappa shape index (κ1) is 16.9. The van der Waals surface area contributed by atoms with E-state index < -0.39 is 0 Å². The molecular weight excluding hydrogens is 343 g/mol. The molecule has 1 aromatic heterocycles. The number of rotatable bonds is 5. The van der Waals surface area contributed by atoms with Gasteiger partial charge >= 0.3 is 0 Å². The van der Waals surface area contributed by atoms with Gasteiger partial charge in [-0.2, -0.15) is 0 Å². The Labute approximate surface area is 149 Å². The van der Waals surface area contributed by atoms with Crippen LogP contribution < -0.4 is 10.1 Å². The summed E-state index contributed by atoms with van der Waals surface area (Å²) in [4.78, 5) is 16.1. The molecule has 2 aromatic carbocycles. The van der Waals surface area contributed by atoms with Gasteiger partial charge in [-0.15, -0.1) is 0 Å². The van der Waals surface area contributed by atoms with E-state index in [-0.39, 0.29) is 16.9 Å². The third kappa shape index (κ3) is 4.55.